The van der Waals surface area contributed by atoms with Crippen LogP contribution >= 0.6 is 24.8 Å². The van der Waals surface area contributed by atoms with Crippen LogP contribution in [0.2, 0.25) is 0 Å². The summed E-state index contributed by atoms with van der Waals surface area (Å²) < 4.78 is 5.31. The molecule has 2 heterocycles. The summed E-state index contributed by atoms with van der Waals surface area (Å²) in [6.45, 7) is 1.73. The van der Waals surface area contributed by atoms with Gasteiger partial charge in [-0.2, -0.15) is 0 Å². The van der Waals surface area contributed by atoms with E-state index in [0.717, 1.165) is 18.4 Å². The van der Waals surface area contributed by atoms with Crippen molar-refractivity contribution >= 4 is 42.3 Å². The van der Waals surface area contributed by atoms with E-state index in [0.29, 0.717) is 31.0 Å². The van der Waals surface area contributed by atoms with Gasteiger partial charge in [0.2, 0.25) is 5.91 Å². The van der Waals surface area contributed by atoms with Gasteiger partial charge in [0.15, 0.2) is 0 Å². The summed E-state index contributed by atoms with van der Waals surface area (Å²) in [6, 6.07) is 10.1. The highest BCUT2D eigenvalue weighted by molar-refractivity contribution is 6.04. The number of rotatable bonds is 6. The zero-order valence-corrected chi connectivity index (χ0v) is 17.5. The van der Waals surface area contributed by atoms with E-state index in [4.69, 9.17) is 10.5 Å². The normalized spacial score (nSPS) is 14.7. The molecule has 1 aromatic carbocycles. The van der Waals surface area contributed by atoms with Crippen LogP contribution in [0.25, 0.3) is 0 Å². The van der Waals surface area contributed by atoms with Crippen molar-refractivity contribution in [2.24, 2.45) is 11.7 Å². The van der Waals surface area contributed by atoms with Gasteiger partial charge >= 0.3 is 0 Å². The predicted octanol–water partition coefficient (Wildman–Crippen LogP) is 2.55. The summed E-state index contributed by atoms with van der Waals surface area (Å²) in [5.41, 5.74) is 8.24. The van der Waals surface area contributed by atoms with Crippen LogP contribution in [0.1, 0.15) is 28.8 Å². The molecule has 1 aliphatic rings. The Hall–Kier alpha value is -2.19. The first-order valence-corrected chi connectivity index (χ1v) is 9.05. The number of carbonyl (C=O) groups excluding carboxylic acids is 2. The fourth-order valence-corrected chi connectivity index (χ4v) is 3.01. The molecule has 1 aliphatic heterocycles. The Labute approximate surface area is 182 Å². The van der Waals surface area contributed by atoms with Crippen molar-refractivity contribution in [2.45, 2.75) is 25.4 Å². The fraction of sp³-hybridized carbons (Fsp3) is 0.350. The summed E-state index contributed by atoms with van der Waals surface area (Å²) in [5.74, 6) is -0.164. The first-order chi connectivity index (χ1) is 13.1. The topological polar surface area (TPSA) is 106 Å². The number of ether oxygens (including phenoxy) is 1. The van der Waals surface area contributed by atoms with Crippen LogP contribution in [-0.2, 0) is 16.1 Å². The van der Waals surface area contributed by atoms with E-state index in [1.807, 2.05) is 12.1 Å². The Morgan fingerprint density at radius 1 is 1.07 bits per heavy atom. The number of aromatic nitrogens is 1. The van der Waals surface area contributed by atoms with Gasteiger partial charge in [-0.05, 0) is 48.6 Å². The first-order valence-electron chi connectivity index (χ1n) is 9.05. The van der Waals surface area contributed by atoms with E-state index in [1.54, 1.807) is 36.7 Å². The average molecular weight is 441 g/mol. The third kappa shape index (κ3) is 7.29. The van der Waals surface area contributed by atoms with Gasteiger partial charge in [-0.1, -0.05) is 12.1 Å². The summed E-state index contributed by atoms with van der Waals surface area (Å²) in [4.78, 5) is 28.3. The Morgan fingerprint density at radius 3 is 2.31 bits per heavy atom. The molecule has 0 saturated carbocycles. The molecule has 158 valence electrons. The quantitative estimate of drug-likeness (QED) is 0.639. The molecule has 29 heavy (non-hydrogen) atoms. The average Bonchev–Trinajstić information content (AvgIpc) is 2.73. The Kier molecular flexibility index (Phi) is 10.6. The van der Waals surface area contributed by atoms with Crippen LogP contribution in [0.4, 0.5) is 5.69 Å². The molecule has 0 spiro atoms. The van der Waals surface area contributed by atoms with Gasteiger partial charge in [0, 0.05) is 43.4 Å². The smallest absolute Gasteiger partial charge is 0.255 e. The fourth-order valence-electron chi connectivity index (χ4n) is 3.01. The maximum atomic E-state index is 12.2. The lowest BCUT2D eigenvalue weighted by Gasteiger charge is -2.26. The Morgan fingerprint density at radius 2 is 1.69 bits per heavy atom. The second kappa shape index (κ2) is 12.4. The molecule has 0 bridgehead atoms. The summed E-state index contributed by atoms with van der Waals surface area (Å²) >= 11 is 0. The molecule has 1 unspecified atom stereocenters. The van der Waals surface area contributed by atoms with Crippen LogP contribution in [-0.4, -0.2) is 36.1 Å². The maximum Gasteiger partial charge on any atom is 0.255 e. The molecule has 1 aromatic heterocycles. The van der Waals surface area contributed by atoms with Gasteiger partial charge < -0.3 is 21.1 Å². The SMILES string of the molecule is Cl.Cl.NC(C(=O)NCc1ccc(NC(=O)c2ccncc2)cc1)C1CCOCC1. The number of carbonyl (C=O) groups is 2. The van der Waals surface area contributed by atoms with E-state index < -0.39 is 6.04 Å². The molecule has 1 atom stereocenters. The van der Waals surface area contributed by atoms with Crippen molar-refractivity contribution in [3.63, 3.8) is 0 Å². The van der Waals surface area contributed by atoms with Crippen LogP contribution in [0, 0.1) is 5.92 Å². The summed E-state index contributed by atoms with van der Waals surface area (Å²) in [7, 11) is 0. The van der Waals surface area contributed by atoms with E-state index in [9.17, 15) is 9.59 Å². The van der Waals surface area contributed by atoms with Crippen molar-refractivity contribution in [2.75, 3.05) is 18.5 Å². The number of anilines is 1. The molecule has 9 heteroatoms. The van der Waals surface area contributed by atoms with Crippen LogP contribution < -0.4 is 16.4 Å². The highest BCUT2D eigenvalue weighted by atomic mass is 35.5. The van der Waals surface area contributed by atoms with Crippen molar-refractivity contribution < 1.29 is 14.3 Å². The maximum absolute atomic E-state index is 12.2. The molecule has 4 N–H and O–H groups in total. The highest BCUT2D eigenvalue weighted by Gasteiger charge is 2.26. The Bertz CT molecular complexity index is 769. The van der Waals surface area contributed by atoms with Crippen LogP contribution in [0.5, 0.6) is 0 Å². The van der Waals surface area contributed by atoms with E-state index in [1.165, 1.54) is 0 Å². The molecule has 2 amide bonds. The second-order valence-electron chi connectivity index (χ2n) is 6.58. The van der Waals surface area contributed by atoms with Gasteiger partial charge in [0.05, 0.1) is 6.04 Å². The third-order valence-corrected chi connectivity index (χ3v) is 4.70. The third-order valence-electron chi connectivity index (χ3n) is 4.70. The van der Waals surface area contributed by atoms with Crippen LogP contribution in [0.3, 0.4) is 0 Å². The zero-order valence-electron chi connectivity index (χ0n) is 15.9. The van der Waals surface area contributed by atoms with Gasteiger partial charge in [-0.15, -0.1) is 24.8 Å². The number of hydrogen-bond donors (Lipinski definition) is 3. The molecule has 3 rings (SSSR count). The van der Waals surface area contributed by atoms with Gasteiger partial charge in [0.25, 0.3) is 5.91 Å². The first kappa shape index (κ1) is 24.8. The monoisotopic (exact) mass is 440 g/mol. The van der Waals surface area contributed by atoms with Gasteiger partial charge in [-0.25, -0.2) is 0 Å². The number of nitrogens with one attached hydrogen (secondary N) is 2. The number of amides is 2. The van der Waals surface area contributed by atoms with Crippen LogP contribution in [0.15, 0.2) is 48.8 Å². The predicted molar refractivity (Wildman–Crippen MR) is 116 cm³/mol. The minimum absolute atomic E-state index is 0. The van der Waals surface area contributed by atoms with Gasteiger partial charge in [-0.3, -0.25) is 14.6 Å². The van der Waals surface area contributed by atoms with E-state index in [2.05, 4.69) is 15.6 Å². The molecule has 0 radical (unpaired) electrons. The number of pyridine rings is 1. The van der Waals surface area contributed by atoms with E-state index >= 15 is 0 Å². The largest absolute Gasteiger partial charge is 0.381 e. The second-order valence-corrected chi connectivity index (χ2v) is 6.58. The van der Waals surface area contributed by atoms with E-state index in [-0.39, 0.29) is 42.5 Å². The minimum atomic E-state index is -0.507. The molecule has 2 aromatic rings. The summed E-state index contributed by atoms with van der Waals surface area (Å²) in [5, 5.41) is 5.71. The number of hydrogen-bond acceptors (Lipinski definition) is 5. The minimum Gasteiger partial charge on any atom is -0.381 e. The Balaban J connectivity index is 0.00000210. The lowest BCUT2D eigenvalue weighted by atomic mass is 9.92. The van der Waals surface area contributed by atoms with Crippen molar-refractivity contribution in [1.82, 2.24) is 10.3 Å². The summed E-state index contributed by atoms with van der Waals surface area (Å²) in [6.07, 6.45) is 4.79. The molecule has 1 saturated heterocycles. The number of nitrogens with zero attached hydrogens (tertiary/aromatic N) is 1. The molecular formula is C20H26Cl2N4O3. The number of benzene rings is 1. The molecule has 7 nitrogen and oxygen atoms in total. The lowest BCUT2D eigenvalue weighted by molar-refractivity contribution is -0.124. The van der Waals surface area contributed by atoms with Crippen molar-refractivity contribution in [3.05, 3.63) is 59.9 Å². The molecular weight excluding hydrogens is 415 g/mol. The number of nitrogens with two attached hydrogens (primary N) is 1. The molecule has 1 fully saturated rings. The number of halogens is 2. The zero-order chi connectivity index (χ0) is 19.1. The lowest BCUT2D eigenvalue weighted by Crippen LogP contribution is -2.46. The van der Waals surface area contributed by atoms with Gasteiger partial charge in [0.1, 0.15) is 0 Å². The standard InChI is InChI=1S/C20H24N4O3.2ClH/c21-18(15-7-11-27-12-8-15)20(26)23-13-14-1-3-17(4-2-14)24-19(25)16-5-9-22-10-6-16;;/h1-6,9-10,15,18H,7-8,11-13,21H2,(H,23,26)(H,24,25);2*1H. The molecule has 0 aliphatic carbocycles. The van der Waals surface area contributed by atoms with Crippen molar-refractivity contribution in [1.29, 1.82) is 0 Å². The highest BCUT2D eigenvalue weighted by Crippen LogP contribution is 2.18. The van der Waals surface area contributed by atoms with Crippen molar-refractivity contribution in [3.8, 4) is 0 Å².